The monoisotopic (exact) mass is 792 g/mol. The molecule has 0 aliphatic carbocycles. The minimum Gasteiger partial charge on any atom is -0.458 e. The second-order valence-corrected chi connectivity index (χ2v) is 22.3. The van der Waals surface area contributed by atoms with Crippen LogP contribution in [0.25, 0.3) is 22.3 Å². The van der Waals surface area contributed by atoms with E-state index in [1.165, 1.54) is 42.8 Å². The van der Waals surface area contributed by atoms with Crippen molar-refractivity contribution in [1.82, 2.24) is 0 Å². The maximum absolute atomic E-state index is 7.22. The third kappa shape index (κ3) is 6.24. The third-order valence-electron chi connectivity index (χ3n) is 12.7. The zero-order chi connectivity index (χ0) is 41.2. The van der Waals surface area contributed by atoms with E-state index in [4.69, 9.17) is 9.47 Å². The first-order valence-electron chi connectivity index (χ1n) is 21.2. The van der Waals surface area contributed by atoms with Gasteiger partial charge in [-0.15, -0.1) is 0 Å². The normalized spacial score (nSPS) is 13.1. The van der Waals surface area contributed by atoms with Gasteiger partial charge in [0.2, 0.25) is 0 Å². The lowest BCUT2D eigenvalue weighted by atomic mass is 9.34. The minimum atomic E-state index is -2.71. The number of rotatable bonds is 6. The Hall–Kier alpha value is -6.36. The van der Waals surface area contributed by atoms with Gasteiger partial charge in [0.1, 0.15) is 23.0 Å². The molecule has 4 heteroatoms. The van der Waals surface area contributed by atoms with E-state index in [0.29, 0.717) is 0 Å². The number of hydrogen-bond donors (Lipinski definition) is 0. The average molecular weight is 793 g/mol. The van der Waals surface area contributed by atoms with Gasteiger partial charge in [-0.05, 0) is 83.0 Å². The largest absolute Gasteiger partial charge is 0.458 e. The Morgan fingerprint density at radius 1 is 0.383 bits per heavy atom. The molecular weight excluding hydrogens is 744 g/mol. The predicted octanol–water partition coefficient (Wildman–Crippen LogP) is 9.72. The van der Waals surface area contributed by atoms with Crippen molar-refractivity contribution in [1.29, 1.82) is 0 Å². The van der Waals surface area contributed by atoms with Crippen LogP contribution in [-0.4, -0.2) is 14.8 Å². The molecular formula is C56H49BO2Si. The van der Waals surface area contributed by atoms with Crippen molar-refractivity contribution in [2.75, 3.05) is 0 Å². The molecule has 8 aromatic rings. The van der Waals surface area contributed by atoms with Crippen LogP contribution in [0.2, 0.25) is 0 Å². The fraction of sp³-hybridized carbons (Fsp3) is 0.143. The average Bonchev–Trinajstić information content (AvgIpc) is 3.27. The molecule has 292 valence electrons. The molecule has 2 nitrogen and oxygen atoms in total. The quantitative estimate of drug-likeness (QED) is 0.123. The van der Waals surface area contributed by atoms with Gasteiger partial charge in [0.25, 0.3) is 6.71 Å². The standard InChI is InChI=1S/C56H49BO2Si/c1-55(2,3)40-29-33-50-48(35-40)57-49-36-41(56(4,5)6)30-34-51(49)59-54-47(37-46(53(58-50)52(54)57)38-19-11-7-12-20-38)39-27-31-45(32-28-39)60(42-21-13-8-14-22-42,43-23-15-9-16-24-43)44-25-17-10-18-26-44/h7-37H,1-6H3. The molecule has 0 atom stereocenters. The lowest BCUT2D eigenvalue weighted by molar-refractivity contribution is 0.466. The molecule has 0 amide bonds. The summed E-state index contributed by atoms with van der Waals surface area (Å²) in [6.07, 6.45) is 0. The van der Waals surface area contributed by atoms with Crippen LogP contribution in [0.15, 0.2) is 188 Å². The Bertz CT molecular complexity index is 2740. The highest BCUT2D eigenvalue weighted by Crippen LogP contribution is 2.46. The summed E-state index contributed by atoms with van der Waals surface area (Å²) in [7, 11) is -2.71. The van der Waals surface area contributed by atoms with Crippen molar-refractivity contribution in [3.05, 3.63) is 199 Å². The summed E-state index contributed by atoms with van der Waals surface area (Å²) in [6, 6.07) is 69.4. The van der Waals surface area contributed by atoms with E-state index in [0.717, 1.165) is 50.7 Å². The Labute approximate surface area is 356 Å². The fourth-order valence-electron chi connectivity index (χ4n) is 9.53. The van der Waals surface area contributed by atoms with Gasteiger partial charge in [0.15, 0.2) is 8.07 Å². The van der Waals surface area contributed by atoms with Crippen LogP contribution < -0.4 is 46.6 Å². The van der Waals surface area contributed by atoms with E-state index in [-0.39, 0.29) is 17.5 Å². The molecule has 10 rings (SSSR count). The van der Waals surface area contributed by atoms with Gasteiger partial charge in [-0.3, -0.25) is 0 Å². The number of hydrogen-bond acceptors (Lipinski definition) is 2. The van der Waals surface area contributed by atoms with Crippen LogP contribution in [-0.2, 0) is 10.8 Å². The molecule has 8 aromatic carbocycles. The Balaban J connectivity index is 1.23. The van der Waals surface area contributed by atoms with Crippen LogP contribution in [0.3, 0.4) is 0 Å². The van der Waals surface area contributed by atoms with E-state index >= 15 is 0 Å². The first-order valence-corrected chi connectivity index (χ1v) is 23.2. The summed E-state index contributed by atoms with van der Waals surface area (Å²) >= 11 is 0. The van der Waals surface area contributed by atoms with Crippen molar-refractivity contribution in [2.45, 2.75) is 52.4 Å². The van der Waals surface area contributed by atoms with Crippen molar-refractivity contribution >= 4 is 51.9 Å². The molecule has 0 bridgehead atoms. The highest BCUT2D eigenvalue weighted by molar-refractivity contribution is 7.19. The summed E-state index contributed by atoms with van der Waals surface area (Å²) in [6.45, 7) is 13.6. The van der Waals surface area contributed by atoms with Crippen molar-refractivity contribution in [2.24, 2.45) is 0 Å². The van der Waals surface area contributed by atoms with E-state index < -0.39 is 8.07 Å². The molecule has 2 aliphatic heterocycles. The molecule has 0 fully saturated rings. The highest BCUT2D eigenvalue weighted by atomic mass is 28.3. The molecule has 60 heavy (non-hydrogen) atoms. The third-order valence-corrected chi connectivity index (χ3v) is 17.5. The van der Waals surface area contributed by atoms with Crippen LogP contribution in [0.4, 0.5) is 0 Å². The van der Waals surface area contributed by atoms with E-state index in [1.54, 1.807) is 0 Å². The van der Waals surface area contributed by atoms with Gasteiger partial charge < -0.3 is 9.47 Å². The lowest BCUT2D eigenvalue weighted by Gasteiger charge is -2.37. The van der Waals surface area contributed by atoms with Crippen molar-refractivity contribution in [3.63, 3.8) is 0 Å². The maximum Gasteiger partial charge on any atom is 0.260 e. The van der Waals surface area contributed by atoms with Crippen LogP contribution in [0.1, 0.15) is 52.7 Å². The van der Waals surface area contributed by atoms with Gasteiger partial charge in [-0.25, -0.2) is 0 Å². The summed E-state index contributed by atoms with van der Waals surface area (Å²) < 4.78 is 14.3. The number of fused-ring (bicyclic) bond motifs is 4. The van der Waals surface area contributed by atoms with Gasteiger partial charge in [0.05, 0.1) is 0 Å². The van der Waals surface area contributed by atoms with Crippen LogP contribution in [0, 0.1) is 0 Å². The topological polar surface area (TPSA) is 18.5 Å². The smallest absolute Gasteiger partial charge is 0.260 e. The molecule has 0 unspecified atom stereocenters. The summed E-state index contributed by atoms with van der Waals surface area (Å²) in [5.41, 5.74) is 10.3. The Morgan fingerprint density at radius 2 is 0.750 bits per heavy atom. The maximum atomic E-state index is 7.22. The van der Waals surface area contributed by atoms with Gasteiger partial charge in [-0.2, -0.15) is 0 Å². The molecule has 0 saturated heterocycles. The second-order valence-electron chi connectivity index (χ2n) is 18.5. The zero-order valence-electron chi connectivity index (χ0n) is 35.3. The Kier molecular flexibility index (Phi) is 9.11. The summed E-state index contributed by atoms with van der Waals surface area (Å²) in [5, 5.41) is 5.39. The van der Waals surface area contributed by atoms with E-state index in [1.807, 2.05) is 0 Å². The molecule has 2 aliphatic rings. The van der Waals surface area contributed by atoms with Crippen LogP contribution >= 0.6 is 0 Å². The SMILES string of the molecule is CC(C)(C)c1ccc2c(c1)B1c3cc(C(C)(C)C)ccc3Oc3c(-c4ccc([Si](c5ccccc5)(c5ccccc5)c5ccccc5)cc4)cc(-c4ccccc4)c(c31)O2. The molecule has 0 aromatic heterocycles. The van der Waals surface area contributed by atoms with Gasteiger partial charge in [-0.1, -0.05) is 211 Å². The van der Waals surface area contributed by atoms with Crippen LogP contribution in [0.5, 0.6) is 23.0 Å². The van der Waals surface area contributed by atoms with Crippen molar-refractivity contribution < 1.29 is 9.47 Å². The predicted molar refractivity (Wildman–Crippen MR) is 256 cm³/mol. The number of benzene rings is 8. The summed E-state index contributed by atoms with van der Waals surface area (Å²) in [4.78, 5) is 0. The van der Waals surface area contributed by atoms with Gasteiger partial charge >= 0.3 is 0 Å². The van der Waals surface area contributed by atoms with Gasteiger partial charge in [0, 0.05) is 16.6 Å². The second kappa shape index (κ2) is 14.4. The van der Waals surface area contributed by atoms with E-state index in [2.05, 4.69) is 230 Å². The first-order chi connectivity index (χ1) is 29.0. The molecule has 0 spiro atoms. The van der Waals surface area contributed by atoms with E-state index in [9.17, 15) is 0 Å². The fourth-order valence-corrected chi connectivity index (χ4v) is 14.3. The number of ether oxygens (including phenoxy) is 2. The Morgan fingerprint density at radius 3 is 1.15 bits per heavy atom. The molecule has 2 heterocycles. The van der Waals surface area contributed by atoms with Crippen molar-refractivity contribution in [3.8, 4) is 45.3 Å². The molecule has 0 saturated carbocycles. The zero-order valence-corrected chi connectivity index (χ0v) is 36.3. The first kappa shape index (κ1) is 37.9. The lowest BCUT2D eigenvalue weighted by Crippen LogP contribution is -2.74. The molecule has 0 radical (unpaired) electrons. The molecule has 0 N–H and O–H groups in total. The highest BCUT2D eigenvalue weighted by Gasteiger charge is 2.44. The summed E-state index contributed by atoms with van der Waals surface area (Å²) in [5.74, 6) is 3.53. The minimum absolute atomic E-state index is 0.0318.